The fourth-order valence-corrected chi connectivity index (χ4v) is 5.02. The minimum absolute atomic E-state index is 0.0941. The van der Waals surface area contributed by atoms with Crippen molar-refractivity contribution in [3.8, 4) is 11.5 Å². The van der Waals surface area contributed by atoms with Crippen molar-refractivity contribution in [2.75, 3.05) is 25.1 Å². The Morgan fingerprint density at radius 1 is 1.23 bits per heavy atom. The first-order chi connectivity index (χ1) is 14.9. The molecule has 1 aliphatic rings. The van der Waals surface area contributed by atoms with E-state index in [4.69, 9.17) is 21.7 Å². The van der Waals surface area contributed by atoms with Gasteiger partial charge >= 0.3 is 0 Å². The summed E-state index contributed by atoms with van der Waals surface area (Å²) < 4.78 is 12.9. The van der Waals surface area contributed by atoms with Crippen molar-refractivity contribution < 1.29 is 19.1 Å². The number of anilines is 1. The molecule has 6 nitrogen and oxygen atoms in total. The standard InChI is InChI=1S/C22H21IN2O4S2/c1-3-25-21(27)18(31-22(25)30)12-14-10-16(23)20(17(11-14)28-4-2)29-13-19(26)24-15-8-6-5-7-9-15/h5-12H,3-4,13H2,1-2H3,(H,24,26)/b18-12-. The Kier molecular flexibility index (Phi) is 8.33. The predicted molar refractivity (Wildman–Crippen MR) is 136 cm³/mol. The number of carbonyl (C=O) groups is 2. The van der Waals surface area contributed by atoms with E-state index in [2.05, 4.69) is 27.9 Å². The molecule has 9 heteroatoms. The molecule has 2 aromatic carbocycles. The molecule has 0 atom stereocenters. The van der Waals surface area contributed by atoms with Crippen LogP contribution in [0.1, 0.15) is 19.4 Å². The number of nitrogens with zero attached hydrogens (tertiary/aromatic N) is 1. The van der Waals surface area contributed by atoms with Crippen LogP contribution in [0.5, 0.6) is 11.5 Å². The third kappa shape index (κ3) is 5.98. The summed E-state index contributed by atoms with van der Waals surface area (Å²) in [5, 5.41) is 2.79. The molecule has 31 heavy (non-hydrogen) atoms. The zero-order valence-corrected chi connectivity index (χ0v) is 20.8. The summed E-state index contributed by atoms with van der Waals surface area (Å²) in [6.45, 7) is 4.59. The molecule has 2 aromatic rings. The molecular weight excluding hydrogens is 547 g/mol. The summed E-state index contributed by atoms with van der Waals surface area (Å²) >= 11 is 8.69. The van der Waals surface area contributed by atoms with Gasteiger partial charge in [-0.05, 0) is 72.3 Å². The average molecular weight is 568 g/mol. The summed E-state index contributed by atoms with van der Waals surface area (Å²) in [4.78, 5) is 26.9. The van der Waals surface area contributed by atoms with Gasteiger partial charge in [0.2, 0.25) is 0 Å². The molecule has 1 heterocycles. The van der Waals surface area contributed by atoms with E-state index >= 15 is 0 Å². The smallest absolute Gasteiger partial charge is 0.266 e. The topological polar surface area (TPSA) is 67.9 Å². The van der Waals surface area contributed by atoms with Gasteiger partial charge < -0.3 is 14.8 Å². The van der Waals surface area contributed by atoms with Gasteiger partial charge in [0.1, 0.15) is 4.32 Å². The number of nitrogens with one attached hydrogen (secondary N) is 1. The van der Waals surface area contributed by atoms with Gasteiger partial charge in [-0.3, -0.25) is 14.5 Å². The number of carbonyl (C=O) groups excluding carboxylic acids is 2. The molecular formula is C22H21IN2O4S2. The van der Waals surface area contributed by atoms with Crippen LogP contribution in [-0.2, 0) is 9.59 Å². The highest BCUT2D eigenvalue weighted by molar-refractivity contribution is 14.1. The number of likely N-dealkylation sites (N-methyl/N-ethyl adjacent to an activating group) is 1. The molecule has 0 spiro atoms. The lowest BCUT2D eigenvalue weighted by atomic mass is 10.2. The molecule has 1 fully saturated rings. The van der Waals surface area contributed by atoms with Crippen LogP contribution in [0.15, 0.2) is 47.4 Å². The lowest BCUT2D eigenvalue weighted by Crippen LogP contribution is -2.27. The second-order valence-electron chi connectivity index (χ2n) is 6.39. The summed E-state index contributed by atoms with van der Waals surface area (Å²) in [6.07, 6.45) is 1.80. The molecule has 0 bridgehead atoms. The lowest BCUT2D eigenvalue weighted by Gasteiger charge is -2.15. The van der Waals surface area contributed by atoms with Gasteiger partial charge in [0.25, 0.3) is 11.8 Å². The van der Waals surface area contributed by atoms with Crippen LogP contribution in [0.4, 0.5) is 5.69 Å². The number of halogens is 1. The molecule has 0 unspecified atom stereocenters. The predicted octanol–water partition coefficient (Wildman–Crippen LogP) is 4.93. The number of hydrogen-bond acceptors (Lipinski definition) is 6. The number of rotatable bonds is 8. The highest BCUT2D eigenvalue weighted by Crippen LogP contribution is 2.37. The lowest BCUT2D eigenvalue weighted by molar-refractivity contribution is -0.122. The molecule has 2 amide bonds. The number of benzene rings is 2. The van der Waals surface area contributed by atoms with Gasteiger partial charge in [-0.15, -0.1) is 0 Å². The Bertz CT molecular complexity index is 1030. The van der Waals surface area contributed by atoms with E-state index in [1.165, 1.54) is 11.8 Å². The highest BCUT2D eigenvalue weighted by Gasteiger charge is 2.30. The van der Waals surface area contributed by atoms with Crippen molar-refractivity contribution in [3.63, 3.8) is 0 Å². The Morgan fingerprint density at radius 2 is 1.97 bits per heavy atom. The first-order valence-corrected chi connectivity index (χ1v) is 11.9. The van der Waals surface area contributed by atoms with Crippen LogP contribution < -0.4 is 14.8 Å². The molecule has 0 radical (unpaired) electrons. The second kappa shape index (κ2) is 11.0. The van der Waals surface area contributed by atoms with Gasteiger partial charge in [0.05, 0.1) is 15.1 Å². The van der Waals surface area contributed by atoms with Crippen molar-refractivity contribution in [1.29, 1.82) is 0 Å². The number of amides is 2. The van der Waals surface area contributed by atoms with Gasteiger partial charge in [0, 0.05) is 12.2 Å². The maximum Gasteiger partial charge on any atom is 0.266 e. The number of thiocarbonyl (C=S) groups is 1. The van der Waals surface area contributed by atoms with Gasteiger partial charge in [-0.1, -0.05) is 42.2 Å². The van der Waals surface area contributed by atoms with Gasteiger partial charge in [-0.2, -0.15) is 0 Å². The van der Waals surface area contributed by atoms with Gasteiger partial charge in [-0.25, -0.2) is 0 Å². The summed E-state index contributed by atoms with van der Waals surface area (Å²) in [6, 6.07) is 12.9. The molecule has 1 aliphatic heterocycles. The van der Waals surface area contributed by atoms with Crippen molar-refractivity contribution in [2.45, 2.75) is 13.8 Å². The molecule has 0 aliphatic carbocycles. The van der Waals surface area contributed by atoms with E-state index in [1.54, 1.807) is 17.0 Å². The fraction of sp³-hybridized carbons (Fsp3) is 0.227. The van der Waals surface area contributed by atoms with Crippen molar-refractivity contribution >= 4 is 74.5 Å². The summed E-state index contributed by atoms with van der Waals surface area (Å²) in [5.74, 6) is 0.642. The van der Waals surface area contributed by atoms with Crippen LogP contribution in [0.3, 0.4) is 0 Å². The number of para-hydroxylation sites is 1. The zero-order chi connectivity index (χ0) is 22.4. The maximum absolute atomic E-state index is 12.5. The first-order valence-electron chi connectivity index (χ1n) is 9.62. The van der Waals surface area contributed by atoms with E-state index in [1.807, 2.05) is 50.2 Å². The Hall–Kier alpha value is -2.11. The number of thioether (sulfide) groups is 1. The number of hydrogen-bond donors (Lipinski definition) is 1. The second-order valence-corrected chi connectivity index (χ2v) is 9.23. The van der Waals surface area contributed by atoms with Crippen molar-refractivity contribution in [1.82, 2.24) is 4.90 Å². The third-order valence-electron chi connectivity index (χ3n) is 4.22. The molecule has 0 saturated carbocycles. The monoisotopic (exact) mass is 568 g/mol. The van der Waals surface area contributed by atoms with Crippen LogP contribution in [-0.4, -0.2) is 40.8 Å². The van der Waals surface area contributed by atoms with E-state index in [9.17, 15) is 9.59 Å². The van der Waals surface area contributed by atoms with Gasteiger partial charge in [0.15, 0.2) is 18.1 Å². The minimum Gasteiger partial charge on any atom is -0.490 e. The van der Waals surface area contributed by atoms with E-state index in [0.717, 1.165) is 9.13 Å². The molecule has 1 N–H and O–H groups in total. The van der Waals surface area contributed by atoms with Crippen LogP contribution in [0, 0.1) is 3.57 Å². The van der Waals surface area contributed by atoms with E-state index < -0.39 is 0 Å². The SMILES string of the molecule is CCOc1cc(/C=C2\SC(=S)N(CC)C2=O)cc(I)c1OCC(=O)Nc1ccccc1. The van der Waals surface area contributed by atoms with Crippen LogP contribution in [0.25, 0.3) is 6.08 Å². The molecule has 0 aromatic heterocycles. The maximum atomic E-state index is 12.5. The average Bonchev–Trinajstić information content (AvgIpc) is 3.00. The summed E-state index contributed by atoms with van der Waals surface area (Å²) in [5.41, 5.74) is 1.50. The largest absolute Gasteiger partial charge is 0.490 e. The summed E-state index contributed by atoms with van der Waals surface area (Å²) in [7, 11) is 0. The van der Waals surface area contributed by atoms with Crippen molar-refractivity contribution in [3.05, 3.63) is 56.5 Å². The Labute approximate surface area is 204 Å². The molecule has 1 saturated heterocycles. The third-order valence-corrected chi connectivity index (χ3v) is 6.40. The quantitative estimate of drug-likeness (QED) is 0.277. The zero-order valence-electron chi connectivity index (χ0n) is 17.0. The van der Waals surface area contributed by atoms with Crippen LogP contribution >= 0.6 is 46.6 Å². The Balaban J connectivity index is 1.77. The normalized spacial score (nSPS) is 14.8. The molecule has 162 valence electrons. The number of ether oxygens (including phenoxy) is 2. The highest BCUT2D eigenvalue weighted by atomic mass is 127. The van der Waals surface area contributed by atoms with Crippen molar-refractivity contribution in [2.24, 2.45) is 0 Å². The van der Waals surface area contributed by atoms with E-state index in [-0.39, 0.29) is 18.4 Å². The Morgan fingerprint density at radius 3 is 2.61 bits per heavy atom. The fourth-order valence-electron chi connectivity index (χ4n) is 2.85. The first kappa shape index (κ1) is 23.6. The molecule has 3 rings (SSSR count). The minimum atomic E-state index is -0.267. The van der Waals surface area contributed by atoms with Crippen LogP contribution in [0.2, 0.25) is 0 Å². The van der Waals surface area contributed by atoms with E-state index in [0.29, 0.717) is 39.6 Å².